The molecule has 7 heteroatoms. The second kappa shape index (κ2) is 7.31. The van der Waals surface area contributed by atoms with Gasteiger partial charge in [0, 0.05) is 44.7 Å². The zero-order valence-electron chi connectivity index (χ0n) is 14.9. The number of methoxy groups -OCH3 is 2. The Bertz CT molecular complexity index is 664. The maximum Gasteiger partial charge on any atom is 0.228 e. The number of amides is 2. The van der Waals surface area contributed by atoms with Crippen LogP contribution >= 0.6 is 0 Å². The van der Waals surface area contributed by atoms with Gasteiger partial charge in [-0.2, -0.15) is 0 Å². The van der Waals surface area contributed by atoms with Crippen LogP contribution in [0.3, 0.4) is 0 Å². The molecule has 1 aromatic rings. The first kappa shape index (κ1) is 17.5. The molecule has 0 aromatic heterocycles. The Morgan fingerprint density at radius 3 is 2.76 bits per heavy atom. The Morgan fingerprint density at radius 2 is 2.08 bits per heavy atom. The van der Waals surface area contributed by atoms with E-state index in [1.165, 1.54) is 0 Å². The number of ether oxygens (including phenoxy) is 2. The predicted octanol–water partition coefficient (Wildman–Crippen LogP) is 0.877. The fourth-order valence-corrected chi connectivity index (χ4v) is 3.52. The quantitative estimate of drug-likeness (QED) is 0.875. The van der Waals surface area contributed by atoms with Crippen molar-refractivity contribution >= 4 is 17.5 Å². The van der Waals surface area contributed by atoms with E-state index in [-0.39, 0.29) is 30.2 Å². The van der Waals surface area contributed by atoms with E-state index in [9.17, 15) is 9.59 Å². The average molecular weight is 347 g/mol. The van der Waals surface area contributed by atoms with Crippen molar-refractivity contribution in [1.82, 2.24) is 10.2 Å². The van der Waals surface area contributed by atoms with Crippen LogP contribution in [0.5, 0.6) is 11.5 Å². The topological polar surface area (TPSA) is 71.1 Å². The van der Waals surface area contributed by atoms with E-state index in [4.69, 9.17) is 9.47 Å². The third kappa shape index (κ3) is 3.42. The summed E-state index contributed by atoms with van der Waals surface area (Å²) in [4.78, 5) is 28.9. The minimum atomic E-state index is -0.306. The molecule has 0 bridgehead atoms. The molecule has 0 saturated carbocycles. The van der Waals surface area contributed by atoms with Crippen molar-refractivity contribution in [2.24, 2.45) is 5.92 Å². The van der Waals surface area contributed by atoms with Crippen LogP contribution in [-0.4, -0.2) is 63.2 Å². The van der Waals surface area contributed by atoms with E-state index in [0.717, 1.165) is 13.1 Å². The number of hydrogen-bond donors (Lipinski definition) is 1. The second-order valence-corrected chi connectivity index (χ2v) is 6.53. The third-order valence-corrected chi connectivity index (χ3v) is 4.94. The van der Waals surface area contributed by atoms with Crippen molar-refractivity contribution in [3.63, 3.8) is 0 Å². The smallest absolute Gasteiger partial charge is 0.228 e. The van der Waals surface area contributed by atoms with Gasteiger partial charge in [0.25, 0.3) is 0 Å². The van der Waals surface area contributed by atoms with Gasteiger partial charge in [0.1, 0.15) is 11.5 Å². The number of benzene rings is 1. The summed E-state index contributed by atoms with van der Waals surface area (Å²) in [6, 6.07) is 5.49. The Hall–Kier alpha value is -2.28. The SMILES string of the molecule is COc1ccc(N2CC(C(=O)N3CCNC[C@H]3C)CC2=O)c(OC)c1. The van der Waals surface area contributed by atoms with Gasteiger partial charge in [-0.1, -0.05) is 0 Å². The molecule has 1 N–H and O–H groups in total. The zero-order chi connectivity index (χ0) is 18.0. The van der Waals surface area contributed by atoms with E-state index < -0.39 is 0 Å². The van der Waals surface area contributed by atoms with E-state index in [1.807, 2.05) is 11.8 Å². The second-order valence-electron chi connectivity index (χ2n) is 6.53. The maximum atomic E-state index is 12.9. The van der Waals surface area contributed by atoms with Gasteiger partial charge < -0.3 is 24.6 Å². The molecule has 2 heterocycles. The highest BCUT2D eigenvalue weighted by Gasteiger charge is 2.39. The summed E-state index contributed by atoms with van der Waals surface area (Å²) in [5.74, 6) is 0.938. The normalized spacial score (nSPS) is 23.7. The van der Waals surface area contributed by atoms with Gasteiger partial charge in [0.2, 0.25) is 11.8 Å². The van der Waals surface area contributed by atoms with Gasteiger partial charge in [-0.05, 0) is 19.1 Å². The minimum Gasteiger partial charge on any atom is -0.497 e. The van der Waals surface area contributed by atoms with Gasteiger partial charge in [0.05, 0.1) is 25.8 Å². The summed E-state index contributed by atoms with van der Waals surface area (Å²) in [7, 11) is 3.14. The highest BCUT2D eigenvalue weighted by molar-refractivity contribution is 6.01. The molecule has 3 rings (SSSR count). The fraction of sp³-hybridized carbons (Fsp3) is 0.556. The highest BCUT2D eigenvalue weighted by Crippen LogP contribution is 2.36. The molecule has 2 amide bonds. The molecular formula is C18H25N3O4. The van der Waals surface area contributed by atoms with Crippen LogP contribution in [0.15, 0.2) is 18.2 Å². The van der Waals surface area contributed by atoms with Crippen LogP contribution in [0.2, 0.25) is 0 Å². The van der Waals surface area contributed by atoms with Crippen LogP contribution in [0.4, 0.5) is 5.69 Å². The molecule has 136 valence electrons. The predicted molar refractivity (Wildman–Crippen MR) is 94.1 cm³/mol. The lowest BCUT2D eigenvalue weighted by Gasteiger charge is -2.35. The first-order chi connectivity index (χ1) is 12.0. The number of piperazine rings is 1. The van der Waals surface area contributed by atoms with E-state index in [0.29, 0.717) is 30.3 Å². The van der Waals surface area contributed by atoms with Crippen LogP contribution in [0.25, 0.3) is 0 Å². The number of carbonyl (C=O) groups is 2. The number of hydrogen-bond acceptors (Lipinski definition) is 5. The lowest BCUT2D eigenvalue weighted by Crippen LogP contribution is -2.54. The van der Waals surface area contributed by atoms with Crippen molar-refractivity contribution in [2.45, 2.75) is 19.4 Å². The number of anilines is 1. The van der Waals surface area contributed by atoms with Gasteiger partial charge in [-0.3, -0.25) is 9.59 Å². The fourth-order valence-electron chi connectivity index (χ4n) is 3.52. The Morgan fingerprint density at radius 1 is 1.28 bits per heavy atom. The summed E-state index contributed by atoms with van der Waals surface area (Å²) in [5.41, 5.74) is 0.678. The van der Waals surface area contributed by atoms with Crippen molar-refractivity contribution in [1.29, 1.82) is 0 Å². The lowest BCUT2D eigenvalue weighted by molar-refractivity contribution is -0.138. The Labute approximate surface area is 147 Å². The molecule has 2 aliphatic rings. The molecule has 7 nitrogen and oxygen atoms in total. The van der Waals surface area contributed by atoms with Crippen LogP contribution in [-0.2, 0) is 9.59 Å². The summed E-state index contributed by atoms with van der Waals surface area (Å²) in [5, 5.41) is 3.28. The lowest BCUT2D eigenvalue weighted by atomic mass is 10.1. The van der Waals surface area contributed by atoms with Gasteiger partial charge in [0.15, 0.2) is 0 Å². The number of nitrogens with one attached hydrogen (secondary N) is 1. The summed E-state index contributed by atoms with van der Waals surface area (Å²) >= 11 is 0. The molecule has 2 aliphatic heterocycles. The van der Waals surface area contributed by atoms with Crippen LogP contribution < -0.4 is 19.7 Å². The molecule has 0 spiro atoms. The van der Waals surface area contributed by atoms with Gasteiger partial charge >= 0.3 is 0 Å². The minimum absolute atomic E-state index is 0.0513. The largest absolute Gasteiger partial charge is 0.497 e. The Kier molecular flexibility index (Phi) is 5.13. The number of nitrogens with zero attached hydrogens (tertiary/aromatic N) is 2. The zero-order valence-corrected chi connectivity index (χ0v) is 14.9. The molecule has 2 saturated heterocycles. The monoisotopic (exact) mass is 347 g/mol. The third-order valence-electron chi connectivity index (χ3n) is 4.94. The first-order valence-electron chi connectivity index (χ1n) is 8.58. The Balaban J connectivity index is 1.77. The molecular weight excluding hydrogens is 322 g/mol. The van der Waals surface area contributed by atoms with Gasteiger partial charge in [-0.15, -0.1) is 0 Å². The van der Waals surface area contributed by atoms with E-state index in [2.05, 4.69) is 5.32 Å². The van der Waals surface area contributed by atoms with Crippen LogP contribution in [0, 0.1) is 5.92 Å². The average Bonchev–Trinajstić information content (AvgIpc) is 3.02. The first-order valence-corrected chi connectivity index (χ1v) is 8.58. The summed E-state index contributed by atoms with van der Waals surface area (Å²) in [6.45, 7) is 4.70. The maximum absolute atomic E-state index is 12.9. The highest BCUT2D eigenvalue weighted by atomic mass is 16.5. The van der Waals surface area contributed by atoms with Gasteiger partial charge in [-0.25, -0.2) is 0 Å². The van der Waals surface area contributed by atoms with Crippen molar-refractivity contribution in [2.75, 3.05) is 45.3 Å². The molecule has 2 fully saturated rings. The molecule has 0 aliphatic carbocycles. The van der Waals surface area contributed by atoms with Crippen LogP contribution in [0.1, 0.15) is 13.3 Å². The van der Waals surface area contributed by atoms with Crippen molar-refractivity contribution in [3.8, 4) is 11.5 Å². The molecule has 1 aromatic carbocycles. The van der Waals surface area contributed by atoms with Crippen molar-refractivity contribution in [3.05, 3.63) is 18.2 Å². The molecule has 2 atom stereocenters. The van der Waals surface area contributed by atoms with E-state index >= 15 is 0 Å². The molecule has 1 unspecified atom stereocenters. The number of rotatable bonds is 4. The van der Waals surface area contributed by atoms with Crippen molar-refractivity contribution < 1.29 is 19.1 Å². The summed E-state index contributed by atoms with van der Waals surface area (Å²) < 4.78 is 10.6. The molecule has 0 radical (unpaired) electrons. The molecule has 25 heavy (non-hydrogen) atoms. The standard InChI is InChI=1S/C18H25N3O4/c1-12-10-19-6-7-20(12)18(23)13-8-17(22)21(11-13)15-5-4-14(24-2)9-16(15)25-3/h4-5,9,12-13,19H,6-8,10-11H2,1-3H3/t12-,13?/m1/s1. The summed E-state index contributed by atoms with van der Waals surface area (Å²) in [6.07, 6.45) is 0.241. The number of carbonyl (C=O) groups excluding carboxylic acids is 2. The van der Waals surface area contributed by atoms with E-state index in [1.54, 1.807) is 37.3 Å².